The van der Waals surface area contributed by atoms with E-state index >= 15 is 0 Å². The molecule has 1 aliphatic rings. The third-order valence-electron chi connectivity index (χ3n) is 4.46. The molecule has 1 saturated heterocycles. The van der Waals surface area contributed by atoms with Crippen LogP contribution in [-0.4, -0.2) is 43.1 Å². The Balaban J connectivity index is 1.97. The lowest BCUT2D eigenvalue weighted by atomic mass is 9.75. The second kappa shape index (κ2) is 6.87. The van der Waals surface area contributed by atoms with E-state index in [0.717, 1.165) is 37.9 Å². The van der Waals surface area contributed by atoms with E-state index in [9.17, 15) is 18.3 Å². The van der Waals surface area contributed by atoms with E-state index in [2.05, 4.69) is 16.7 Å². The van der Waals surface area contributed by atoms with Crippen molar-refractivity contribution >= 4 is 0 Å². The summed E-state index contributed by atoms with van der Waals surface area (Å²) >= 11 is 0. The van der Waals surface area contributed by atoms with Crippen molar-refractivity contribution in [2.75, 3.05) is 26.7 Å². The molecule has 0 radical (unpaired) electrons. The van der Waals surface area contributed by atoms with Crippen molar-refractivity contribution < 1.29 is 23.0 Å². The second-order valence-corrected chi connectivity index (χ2v) is 6.16. The minimum absolute atomic E-state index is 0.118. The molecular weight excluding hydrogens is 295 g/mol. The smallest absolute Gasteiger partial charge is 0.406 e. The third-order valence-corrected chi connectivity index (χ3v) is 4.46. The van der Waals surface area contributed by atoms with Gasteiger partial charge in [0.05, 0.1) is 0 Å². The molecule has 124 valence electrons. The van der Waals surface area contributed by atoms with Gasteiger partial charge in [0.1, 0.15) is 5.75 Å². The molecular formula is C16H22F3NO2. The van der Waals surface area contributed by atoms with Crippen molar-refractivity contribution in [1.29, 1.82) is 0 Å². The van der Waals surface area contributed by atoms with Crippen LogP contribution < -0.4 is 4.74 Å². The summed E-state index contributed by atoms with van der Waals surface area (Å²) < 4.78 is 40.7. The quantitative estimate of drug-likeness (QED) is 0.905. The average Bonchev–Trinajstić information content (AvgIpc) is 2.46. The van der Waals surface area contributed by atoms with E-state index in [1.54, 1.807) is 12.1 Å². The van der Waals surface area contributed by atoms with Crippen molar-refractivity contribution in [2.24, 2.45) is 5.41 Å². The zero-order chi connectivity index (χ0) is 16.2. The van der Waals surface area contributed by atoms with Gasteiger partial charge in [-0.3, -0.25) is 0 Å². The number of nitrogens with zero attached hydrogens (tertiary/aromatic N) is 1. The normalized spacial score (nSPS) is 19.1. The fourth-order valence-electron chi connectivity index (χ4n) is 2.89. The second-order valence-electron chi connectivity index (χ2n) is 6.16. The predicted molar refractivity (Wildman–Crippen MR) is 77.7 cm³/mol. The van der Waals surface area contributed by atoms with Gasteiger partial charge in [-0.25, -0.2) is 0 Å². The van der Waals surface area contributed by atoms with E-state index < -0.39 is 6.36 Å². The molecule has 1 heterocycles. The molecule has 1 N–H and O–H groups in total. The van der Waals surface area contributed by atoms with Gasteiger partial charge in [-0.2, -0.15) is 0 Å². The van der Waals surface area contributed by atoms with Crippen LogP contribution in [0.4, 0.5) is 13.2 Å². The molecule has 22 heavy (non-hydrogen) atoms. The van der Waals surface area contributed by atoms with Crippen LogP contribution in [0.2, 0.25) is 0 Å². The summed E-state index contributed by atoms with van der Waals surface area (Å²) in [5, 5.41) is 9.72. The summed E-state index contributed by atoms with van der Waals surface area (Å²) in [4.78, 5) is 2.23. The molecule has 1 aromatic carbocycles. The van der Waals surface area contributed by atoms with Crippen LogP contribution >= 0.6 is 0 Å². The summed E-state index contributed by atoms with van der Waals surface area (Å²) in [5.74, 6) is -0.188. The Labute approximate surface area is 128 Å². The van der Waals surface area contributed by atoms with Crippen LogP contribution in [0.3, 0.4) is 0 Å². The molecule has 6 heteroatoms. The molecule has 0 aromatic heterocycles. The number of rotatable bonds is 5. The highest BCUT2D eigenvalue weighted by atomic mass is 19.4. The highest BCUT2D eigenvalue weighted by Crippen LogP contribution is 2.35. The number of benzene rings is 1. The van der Waals surface area contributed by atoms with Gasteiger partial charge in [0, 0.05) is 6.61 Å². The maximum atomic E-state index is 12.2. The number of alkyl halides is 3. The van der Waals surface area contributed by atoms with Gasteiger partial charge >= 0.3 is 6.36 Å². The van der Waals surface area contributed by atoms with Crippen molar-refractivity contribution in [3.63, 3.8) is 0 Å². The molecule has 0 bridgehead atoms. The molecule has 0 saturated carbocycles. The first-order valence-corrected chi connectivity index (χ1v) is 7.46. The number of hydrogen-bond acceptors (Lipinski definition) is 3. The highest BCUT2D eigenvalue weighted by Gasteiger charge is 2.33. The van der Waals surface area contributed by atoms with Gasteiger partial charge < -0.3 is 14.7 Å². The van der Waals surface area contributed by atoms with Crippen LogP contribution in [0.5, 0.6) is 5.75 Å². The summed E-state index contributed by atoms with van der Waals surface area (Å²) in [6, 6.07) is 6.09. The molecule has 1 aromatic rings. The summed E-state index contributed by atoms with van der Waals surface area (Å²) in [6.45, 7) is 2.01. The highest BCUT2D eigenvalue weighted by molar-refractivity contribution is 5.28. The minimum Gasteiger partial charge on any atom is -0.406 e. The monoisotopic (exact) mass is 317 g/mol. The fraction of sp³-hybridized carbons (Fsp3) is 0.625. The third kappa shape index (κ3) is 4.88. The topological polar surface area (TPSA) is 32.7 Å². The number of ether oxygens (including phenoxy) is 1. The Morgan fingerprint density at radius 3 is 2.55 bits per heavy atom. The Morgan fingerprint density at radius 1 is 1.27 bits per heavy atom. The molecule has 3 nitrogen and oxygen atoms in total. The Kier molecular flexibility index (Phi) is 5.34. The number of halogens is 3. The van der Waals surface area contributed by atoms with Crippen LogP contribution in [0.1, 0.15) is 24.8 Å². The van der Waals surface area contributed by atoms with E-state index in [-0.39, 0.29) is 17.8 Å². The van der Waals surface area contributed by atoms with E-state index in [1.165, 1.54) is 12.1 Å². The molecule has 0 spiro atoms. The Bertz CT molecular complexity index is 483. The maximum absolute atomic E-state index is 12.2. The zero-order valence-corrected chi connectivity index (χ0v) is 12.7. The molecule has 2 rings (SSSR count). The van der Waals surface area contributed by atoms with Crippen LogP contribution in [0.15, 0.2) is 24.3 Å². The van der Waals surface area contributed by atoms with Crippen LogP contribution in [0, 0.1) is 5.41 Å². The van der Waals surface area contributed by atoms with Crippen molar-refractivity contribution in [3.8, 4) is 5.75 Å². The van der Waals surface area contributed by atoms with Crippen LogP contribution in [-0.2, 0) is 6.42 Å². The van der Waals surface area contributed by atoms with E-state index in [0.29, 0.717) is 6.42 Å². The lowest BCUT2D eigenvalue weighted by molar-refractivity contribution is -0.274. The van der Waals surface area contributed by atoms with Crippen molar-refractivity contribution in [1.82, 2.24) is 4.90 Å². The molecule has 0 amide bonds. The lowest BCUT2D eigenvalue weighted by Crippen LogP contribution is -2.40. The first kappa shape index (κ1) is 17.1. The number of aliphatic hydroxyl groups is 1. The fourth-order valence-corrected chi connectivity index (χ4v) is 2.89. The first-order valence-electron chi connectivity index (χ1n) is 7.46. The minimum atomic E-state index is -4.67. The predicted octanol–water partition coefficient (Wildman–Crippen LogP) is 3.22. The Hall–Kier alpha value is -1.27. The molecule has 0 aliphatic carbocycles. The van der Waals surface area contributed by atoms with E-state index in [4.69, 9.17) is 0 Å². The number of piperidine rings is 1. The number of hydrogen-bond donors (Lipinski definition) is 1. The molecule has 0 atom stereocenters. The van der Waals surface area contributed by atoms with Crippen molar-refractivity contribution in [3.05, 3.63) is 29.8 Å². The standard InChI is InChI=1S/C16H22F3NO2/c1-20-9-7-15(12-21,8-10-20)6-5-13-3-2-4-14(11-13)22-16(17,18)19/h2-4,11,21H,5-10,12H2,1H3. The Morgan fingerprint density at radius 2 is 1.95 bits per heavy atom. The van der Waals surface area contributed by atoms with Gasteiger partial charge in [-0.1, -0.05) is 12.1 Å². The van der Waals surface area contributed by atoms with E-state index in [1.807, 2.05) is 0 Å². The van der Waals surface area contributed by atoms with Gasteiger partial charge in [-0.05, 0) is 68.9 Å². The summed E-state index contributed by atoms with van der Waals surface area (Å²) in [7, 11) is 2.05. The number of likely N-dealkylation sites (tertiary alicyclic amines) is 1. The van der Waals surface area contributed by atoms with Gasteiger partial charge in [0.2, 0.25) is 0 Å². The first-order chi connectivity index (χ1) is 10.3. The molecule has 0 unspecified atom stereocenters. The van der Waals surface area contributed by atoms with Gasteiger partial charge in [-0.15, -0.1) is 13.2 Å². The average molecular weight is 317 g/mol. The molecule has 1 aliphatic heterocycles. The summed E-state index contributed by atoms with van der Waals surface area (Å²) in [5.41, 5.74) is 0.682. The maximum Gasteiger partial charge on any atom is 0.573 e. The number of aliphatic hydroxyl groups excluding tert-OH is 1. The molecule has 1 fully saturated rings. The zero-order valence-electron chi connectivity index (χ0n) is 12.7. The van der Waals surface area contributed by atoms with Gasteiger partial charge in [0.25, 0.3) is 0 Å². The van der Waals surface area contributed by atoms with Gasteiger partial charge in [0.15, 0.2) is 0 Å². The SMILES string of the molecule is CN1CCC(CO)(CCc2cccc(OC(F)(F)F)c2)CC1. The van der Waals surface area contributed by atoms with Crippen LogP contribution in [0.25, 0.3) is 0 Å². The lowest BCUT2D eigenvalue weighted by Gasteiger charge is -2.39. The number of aryl methyl sites for hydroxylation is 1. The van der Waals surface area contributed by atoms with Crippen molar-refractivity contribution in [2.45, 2.75) is 32.0 Å². The largest absolute Gasteiger partial charge is 0.573 e. The summed E-state index contributed by atoms with van der Waals surface area (Å²) in [6.07, 6.45) is -1.43.